The molecule has 0 aliphatic carbocycles. The number of carbonyl (C=O) groups excluding carboxylic acids is 2. The number of imide groups is 1. The van der Waals surface area contributed by atoms with Crippen LogP contribution >= 0.6 is 0 Å². The van der Waals surface area contributed by atoms with Gasteiger partial charge >= 0.3 is 0 Å². The van der Waals surface area contributed by atoms with Crippen molar-refractivity contribution in [3.8, 4) is 5.75 Å². The number of rotatable bonds is 11. The van der Waals surface area contributed by atoms with Gasteiger partial charge in [-0.2, -0.15) is 0 Å². The molecule has 3 rings (SSSR count). The number of hydrogen-bond donors (Lipinski definition) is 0. The van der Waals surface area contributed by atoms with Crippen LogP contribution in [0.5, 0.6) is 5.75 Å². The average molecular weight is 413 g/mol. The summed E-state index contributed by atoms with van der Waals surface area (Å²) in [7, 11) is 0. The van der Waals surface area contributed by atoms with Gasteiger partial charge in [0.2, 0.25) is 0 Å². The van der Waals surface area contributed by atoms with Gasteiger partial charge in [-0.1, -0.05) is 51.2 Å². The number of hydrogen-bond acceptors (Lipinski definition) is 4. The highest BCUT2D eigenvalue weighted by Crippen LogP contribution is 2.34. The third-order valence-corrected chi connectivity index (χ3v) is 5.82. The molecule has 2 aliphatic heterocycles. The quantitative estimate of drug-likeness (QED) is 0.379. The zero-order valence-electron chi connectivity index (χ0n) is 18.8. The van der Waals surface area contributed by atoms with Crippen molar-refractivity contribution in [2.75, 3.05) is 19.6 Å². The zero-order valence-corrected chi connectivity index (χ0v) is 18.8. The third kappa shape index (κ3) is 5.24. The molecule has 0 radical (unpaired) electrons. The van der Waals surface area contributed by atoms with E-state index in [4.69, 9.17) is 4.74 Å². The minimum atomic E-state index is -0.145. The van der Waals surface area contributed by atoms with Crippen LogP contribution in [0.2, 0.25) is 0 Å². The first-order chi connectivity index (χ1) is 14.5. The fourth-order valence-electron chi connectivity index (χ4n) is 4.28. The Kier molecular flexibility index (Phi) is 7.94. The van der Waals surface area contributed by atoms with Crippen molar-refractivity contribution in [3.63, 3.8) is 0 Å². The van der Waals surface area contributed by atoms with E-state index < -0.39 is 0 Å². The number of unbranched alkanes of at least 4 members (excludes halogenated alkanes) is 5. The summed E-state index contributed by atoms with van der Waals surface area (Å²) in [5, 5.41) is 0. The van der Waals surface area contributed by atoms with Gasteiger partial charge in [0, 0.05) is 19.6 Å². The SMILES string of the molecule is CCCCCCCCN1C(=O)C(c2ccc(OC(C)C)cc2)=C(N2CCCC2)C1=O. The van der Waals surface area contributed by atoms with E-state index in [1.165, 1.54) is 30.6 Å². The number of ether oxygens (including phenoxy) is 1. The summed E-state index contributed by atoms with van der Waals surface area (Å²) in [6.45, 7) is 8.38. The number of benzene rings is 1. The molecule has 1 aromatic carbocycles. The molecule has 1 saturated heterocycles. The highest BCUT2D eigenvalue weighted by Gasteiger charge is 2.41. The third-order valence-electron chi connectivity index (χ3n) is 5.82. The van der Waals surface area contributed by atoms with Gasteiger partial charge in [0.25, 0.3) is 11.8 Å². The largest absolute Gasteiger partial charge is 0.491 e. The normalized spacial score (nSPS) is 17.1. The molecule has 0 bridgehead atoms. The van der Waals surface area contributed by atoms with E-state index in [2.05, 4.69) is 11.8 Å². The van der Waals surface area contributed by atoms with Crippen molar-refractivity contribution in [1.29, 1.82) is 0 Å². The first kappa shape index (κ1) is 22.4. The van der Waals surface area contributed by atoms with Crippen LogP contribution in [0.25, 0.3) is 5.57 Å². The Morgan fingerprint density at radius 1 is 0.900 bits per heavy atom. The lowest BCUT2D eigenvalue weighted by Gasteiger charge is -2.20. The smallest absolute Gasteiger partial charge is 0.277 e. The molecule has 2 heterocycles. The molecular formula is C25H36N2O3. The highest BCUT2D eigenvalue weighted by atomic mass is 16.5. The Morgan fingerprint density at radius 3 is 2.17 bits per heavy atom. The van der Waals surface area contributed by atoms with Crippen LogP contribution in [0.15, 0.2) is 30.0 Å². The van der Waals surface area contributed by atoms with Crippen LogP contribution in [-0.2, 0) is 9.59 Å². The van der Waals surface area contributed by atoms with Gasteiger partial charge < -0.3 is 9.64 Å². The van der Waals surface area contributed by atoms with E-state index in [1.807, 2.05) is 38.1 Å². The van der Waals surface area contributed by atoms with E-state index in [9.17, 15) is 9.59 Å². The van der Waals surface area contributed by atoms with Gasteiger partial charge in [-0.05, 0) is 50.8 Å². The summed E-state index contributed by atoms with van der Waals surface area (Å²) >= 11 is 0. The second-order valence-electron chi connectivity index (χ2n) is 8.64. The summed E-state index contributed by atoms with van der Waals surface area (Å²) in [4.78, 5) is 30.1. The maximum Gasteiger partial charge on any atom is 0.277 e. The number of amides is 2. The Hall–Kier alpha value is -2.30. The van der Waals surface area contributed by atoms with E-state index >= 15 is 0 Å². The van der Waals surface area contributed by atoms with E-state index in [0.29, 0.717) is 17.8 Å². The van der Waals surface area contributed by atoms with Gasteiger partial charge in [-0.25, -0.2) is 0 Å². The standard InChI is InChI=1S/C25H36N2O3/c1-4-5-6-7-8-9-18-27-24(28)22(23(25(27)29)26-16-10-11-17-26)20-12-14-21(15-13-20)30-19(2)3/h12-15,19H,4-11,16-18H2,1-3H3. The monoisotopic (exact) mass is 412 g/mol. The molecule has 2 aliphatic rings. The maximum absolute atomic E-state index is 13.3. The molecule has 5 nitrogen and oxygen atoms in total. The van der Waals surface area contributed by atoms with Crippen LogP contribution in [-0.4, -0.2) is 47.4 Å². The average Bonchev–Trinajstić information content (AvgIpc) is 3.32. The second kappa shape index (κ2) is 10.6. The molecule has 0 unspecified atom stereocenters. The molecule has 0 atom stereocenters. The lowest BCUT2D eigenvalue weighted by molar-refractivity contribution is -0.137. The second-order valence-corrected chi connectivity index (χ2v) is 8.64. The predicted octanol–water partition coefficient (Wildman–Crippen LogP) is 5.01. The minimum Gasteiger partial charge on any atom is -0.491 e. The Bertz CT molecular complexity index is 761. The number of nitrogens with zero attached hydrogens (tertiary/aromatic N) is 2. The van der Waals surface area contributed by atoms with Crippen molar-refractivity contribution >= 4 is 17.4 Å². The van der Waals surface area contributed by atoms with Crippen LogP contribution in [0.1, 0.15) is 77.7 Å². The Morgan fingerprint density at radius 2 is 1.53 bits per heavy atom. The maximum atomic E-state index is 13.3. The number of likely N-dealkylation sites (tertiary alicyclic amines) is 1. The van der Waals surface area contributed by atoms with Crippen molar-refractivity contribution in [2.45, 2.75) is 78.2 Å². The lowest BCUT2D eigenvalue weighted by Crippen LogP contribution is -2.35. The molecule has 0 saturated carbocycles. The van der Waals surface area contributed by atoms with E-state index in [-0.39, 0.29) is 17.9 Å². The molecule has 164 valence electrons. The van der Waals surface area contributed by atoms with Crippen molar-refractivity contribution in [2.24, 2.45) is 0 Å². The molecular weight excluding hydrogens is 376 g/mol. The molecule has 2 amide bonds. The lowest BCUT2D eigenvalue weighted by atomic mass is 10.0. The van der Waals surface area contributed by atoms with Gasteiger partial charge in [-0.3, -0.25) is 14.5 Å². The van der Waals surface area contributed by atoms with Crippen LogP contribution in [0, 0.1) is 0 Å². The highest BCUT2D eigenvalue weighted by molar-refractivity contribution is 6.35. The fraction of sp³-hybridized carbons (Fsp3) is 0.600. The van der Waals surface area contributed by atoms with Crippen LogP contribution in [0.3, 0.4) is 0 Å². The zero-order chi connectivity index (χ0) is 21.5. The Balaban J connectivity index is 1.77. The van der Waals surface area contributed by atoms with Crippen LogP contribution < -0.4 is 4.74 Å². The summed E-state index contributed by atoms with van der Waals surface area (Å²) in [6, 6.07) is 7.58. The summed E-state index contributed by atoms with van der Waals surface area (Å²) in [5.41, 5.74) is 1.96. The van der Waals surface area contributed by atoms with Gasteiger partial charge in [0.1, 0.15) is 11.4 Å². The van der Waals surface area contributed by atoms with Crippen molar-refractivity contribution in [3.05, 3.63) is 35.5 Å². The molecule has 1 fully saturated rings. The van der Waals surface area contributed by atoms with E-state index in [0.717, 1.165) is 50.1 Å². The van der Waals surface area contributed by atoms with Gasteiger partial charge in [0.15, 0.2) is 0 Å². The topological polar surface area (TPSA) is 49.9 Å². The molecule has 0 spiro atoms. The molecule has 5 heteroatoms. The molecule has 0 aromatic heterocycles. The predicted molar refractivity (Wildman–Crippen MR) is 120 cm³/mol. The summed E-state index contributed by atoms with van der Waals surface area (Å²) in [6.07, 6.45) is 9.03. The Labute approximate surface area is 181 Å². The minimum absolute atomic E-state index is 0.0951. The van der Waals surface area contributed by atoms with Crippen molar-refractivity contribution < 1.29 is 14.3 Å². The first-order valence-corrected chi connectivity index (χ1v) is 11.7. The summed E-state index contributed by atoms with van der Waals surface area (Å²) in [5.74, 6) is 0.513. The van der Waals surface area contributed by atoms with Crippen LogP contribution in [0.4, 0.5) is 0 Å². The van der Waals surface area contributed by atoms with Gasteiger partial charge in [0.05, 0.1) is 11.7 Å². The molecule has 30 heavy (non-hydrogen) atoms. The number of carbonyl (C=O) groups is 2. The summed E-state index contributed by atoms with van der Waals surface area (Å²) < 4.78 is 5.73. The first-order valence-electron chi connectivity index (χ1n) is 11.7. The van der Waals surface area contributed by atoms with E-state index in [1.54, 1.807) is 0 Å². The molecule has 0 N–H and O–H groups in total. The molecule has 1 aromatic rings. The van der Waals surface area contributed by atoms with Crippen molar-refractivity contribution in [1.82, 2.24) is 9.80 Å². The van der Waals surface area contributed by atoms with Gasteiger partial charge in [-0.15, -0.1) is 0 Å². The fourth-order valence-corrected chi connectivity index (χ4v) is 4.28.